The standard InChI is InChI=1S/C22H18F3N3O4/c1-12-8-14(4-5-16(12)20(29)30)27-18-6-7-32-11-19(18)28(21(27)31)15-3-2-13(10-26)17(9-15)22(23,24)25/h2-5,8-9,18-19H,6-7,11H2,1H3,(H,29,30). The lowest BCUT2D eigenvalue weighted by Gasteiger charge is -2.32. The summed E-state index contributed by atoms with van der Waals surface area (Å²) in [5.41, 5.74) is -0.602. The van der Waals surface area contributed by atoms with Gasteiger partial charge in [-0.15, -0.1) is 0 Å². The third-order valence-corrected chi connectivity index (χ3v) is 5.79. The smallest absolute Gasteiger partial charge is 0.417 e. The number of ether oxygens (including phenoxy) is 1. The van der Waals surface area contributed by atoms with Gasteiger partial charge in [0.25, 0.3) is 0 Å². The molecular formula is C22H18F3N3O4. The minimum Gasteiger partial charge on any atom is -0.478 e. The summed E-state index contributed by atoms with van der Waals surface area (Å²) in [6, 6.07) is 7.78. The zero-order valence-corrected chi connectivity index (χ0v) is 16.9. The van der Waals surface area contributed by atoms with Crippen molar-refractivity contribution in [3.05, 3.63) is 58.7 Å². The Labute approximate surface area is 181 Å². The maximum Gasteiger partial charge on any atom is 0.417 e. The molecule has 0 radical (unpaired) electrons. The van der Waals surface area contributed by atoms with E-state index in [0.717, 1.165) is 12.1 Å². The largest absolute Gasteiger partial charge is 0.478 e. The van der Waals surface area contributed by atoms with Crippen molar-refractivity contribution in [1.29, 1.82) is 5.26 Å². The molecule has 0 bridgehead atoms. The highest BCUT2D eigenvalue weighted by Gasteiger charge is 2.49. The summed E-state index contributed by atoms with van der Waals surface area (Å²) in [6.07, 6.45) is -4.29. The summed E-state index contributed by atoms with van der Waals surface area (Å²) in [5.74, 6) is -1.09. The summed E-state index contributed by atoms with van der Waals surface area (Å²) in [5, 5.41) is 18.3. The fraction of sp³-hybridized carbons (Fsp3) is 0.318. The molecule has 2 aromatic carbocycles. The molecule has 2 aromatic rings. The maximum absolute atomic E-state index is 13.5. The van der Waals surface area contributed by atoms with Crippen LogP contribution in [0.5, 0.6) is 0 Å². The van der Waals surface area contributed by atoms with Crippen LogP contribution in [0.25, 0.3) is 0 Å². The van der Waals surface area contributed by atoms with Crippen molar-refractivity contribution in [2.75, 3.05) is 23.0 Å². The average Bonchev–Trinajstić information content (AvgIpc) is 3.04. The number of aryl methyl sites for hydroxylation is 1. The zero-order chi connectivity index (χ0) is 23.2. The summed E-state index contributed by atoms with van der Waals surface area (Å²) >= 11 is 0. The van der Waals surface area contributed by atoms with Crippen molar-refractivity contribution in [2.45, 2.75) is 31.6 Å². The number of fused-ring (bicyclic) bond motifs is 1. The van der Waals surface area contributed by atoms with E-state index in [1.807, 2.05) is 0 Å². The molecule has 4 rings (SSSR count). The number of benzene rings is 2. The first kappa shape index (κ1) is 21.6. The molecule has 7 nitrogen and oxygen atoms in total. The minimum atomic E-state index is -4.75. The molecule has 2 saturated heterocycles. The molecule has 0 aliphatic carbocycles. The molecule has 2 unspecified atom stereocenters. The lowest BCUT2D eigenvalue weighted by atomic mass is 10.0. The number of urea groups is 1. The van der Waals surface area contributed by atoms with Crippen LogP contribution in [0, 0.1) is 18.3 Å². The number of anilines is 2. The molecule has 2 atom stereocenters. The predicted molar refractivity (Wildman–Crippen MR) is 108 cm³/mol. The Hall–Kier alpha value is -3.58. The number of hydrogen-bond acceptors (Lipinski definition) is 4. The molecule has 32 heavy (non-hydrogen) atoms. The van der Waals surface area contributed by atoms with Crippen LogP contribution in [-0.4, -0.2) is 42.4 Å². The van der Waals surface area contributed by atoms with Gasteiger partial charge in [0, 0.05) is 18.0 Å². The Morgan fingerprint density at radius 1 is 1.16 bits per heavy atom. The number of nitrogens with zero attached hydrogens (tertiary/aromatic N) is 3. The topological polar surface area (TPSA) is 93.9 Å². The van der Waals surface area contributed by atoms with E-state index in [1.54, 1.807) is 13.0 Å². The van der Waals surface area contributed by atoms with Crippen molar-refractivity contribution >= 4 is 23.4 Å². The van der Waals surface area contributed by atoms with E-state index >= 15 is 0 Å². The Kier molecular flexibility index (Phi) is 5.30. The van der Waals surface area contributed by atoms with Crippen LogP contribution in [-0.2, 0) is 10.9 Å². The van der Waals surface area contributed by atoms with E-state index in [9.17, 15) is 27.9 Å². The first-order valence-electron chi connectivity index (χ1n) is 9.79. The second-order valence-corrected chi connectivity index (χ2v) is 7.66. The summed E-state index contributed by atoms with van der Waals surface area (Å²) in [7, 11) is 0. The van der Waals surface area contributed by atoms with Crippen LogP contribution in [0.3, 0.4) is 0 Å². The Bertz CT molecular complexity index is 1140. The Balaban J connectivity index is 1.79. The van der Waals surface area contributed by atoms with Crippen LogP contribution >= 0.6 is 0 Å². The highest BCUT2D eigenvalue weighted by molar-refractivity contribution is 6.08. The maximum atomic E-state index is 13.5. The third kappa shape index (κ3) is 3.54. The molecule has 2 heterocycles. The number of carbonyl (C=O) groups excluding carboxylic acids is 1. The fourth-order valence-electron chi connectivity index (χ4n) is 4.31. The van der Waals surface area contributed by atoms with Crippen LogP contribution in [0.1, 0.15) is 33.5 Å². The second kappa shape index (κ2) is 7.84. The molecule has 0 spiro atoms. The SMILES string of the molecule is Cc1cc(N2C(=O)N(c3ccc(C#N)c(C(F)(F)F)c3)C3COCCC32)ccc1C(=O)O. The molecule has 2 amide bonds. The lowest BCUT2D eigenvalue weighted by Crippen LogP contribution is -2.45. The van der Waals surface area contributed by atoms with Crippen LogP contribution in [0.15, 0.2) is 36.4 Å². The van der Waals surface area contributed by atoms with Gasteiger partial charge in [-0.3, -0.25) is 9.80 Å². The highest BCUT2D eigenvalue weighted by atomic mass is 19.4. The number of carboxylic acid groups (broad SMARTS) is 1. The van der Waals surface area contributed by atoms with E-state index in [4.69, 9.17) is 10.00 Å². The van der Waals surface area contributed by atoms with Crippen molar-refractivity contribution in [3.63, 3.8) is 0 Å². The van der Waals surface area contributed by atoms with Crippen molar-refractivity contribution in [1.82, 2.24) is 0 Å². The summed E-state index contributed by atoms with van der Waals surface area (Å²) in [4.78, 5) is 27.5. The van der Waals surface area contributed by atoms with Gasteiger partial charge in [0.15, 0.2) is 0 Å². The molecule has 2 aliphatic heterocycles. The monoisotopic (exact) mass is 445 g/mol. The number of amides is 2. The number of carbonyl (C=O) groups is 2. The number of carboxylic acids is 1. The number of hydrogen-bond donors (Lipinski definition) is 1. The Morgan fingerprint density at radius 3 is 2.44 bits per heavy atom. The molecule has 2 fully saturated rings. The lowest BCUT2D eigenvalue weighted by molar-refractivity contribution is -0.137. The normalized spacial score (nSPS) is 20.8. The number of nitriles is 1. The quantitative estimate of drug-likeness (QED) is 0.765. The third-order valence-electron chi connectivity index (χ3n) is 5.79. The first-order valence-corrected chi connectivity index (χ1v) is 9.79. The number of aromatic carboxylic acids is 1. The van der Waals surface area contributed by atoms with Gasteiger partial charge in [-0.1, -0.05) is 0 Å². The second-order valence-electron chi connectivity index (χ2n) is 7.66. The molecule has 0 saturated carbocycles. The van der Waals surface area contributed by atoms with Gasteiger partial charge in [0.05, 0.1) is 41.5 Å². The van der Waals surface area contributed by atoms with E-state index in [0.29, 0.717) is 24.3 Å². The van der Waals surface area contributed by atoms with E-state index < -0.39 is 35.3 Å². The van der Waals surface area contributed by atoms with Gasteiger partial charge in [0.1, 0.15) is 0 Å². The molecule has 0 aromatic heterocycles. The van der Waals surface area contributed by atoms with Gasteiger partial charge in [-0.05, 0) is 55.3 Å². The number of alkyl halides is 3. The fourth-order valence-corrected chi connectivity index (χ4v) is 4.31. The van der Waals surface area contributed by atoms with E-state index in [-0.39, 0.29) is 23.9 Å². The number of rotatable bonds is 3. The van der Waals surface area contributed by atoms with E-state index in [1.165, 1.54) is 34.1 Å². The van der Waals surface area contributed by atoms with Crippen LogP contribution in [0.4, 0.5) is 29.3 Å². The molecule has 166 valence electrons. The Morgan fingerprint density at radius 2 is 1.81 bits per heavy atom. The van der Waals surface area contributed by atoms with Gasteiger partial charge >= 0.3 is 18.2 Å². The molecular weight excluding hydrogens is 427 g/mol. The summed E-state index contributed by atoms with van der Waals surface area (Å²) < 4.78 is 46.0. The van der Waals surface area contributed by atoms with Gasteiger partial charge < -0.3 is 9.84 Å². The van der Waals surface area contributed by atoms with Gasteiger partial charge in [-0.2, -0.15) is 18.4 Å². The number of halogens is 3. The zero-order valence-electron chi connectivity index (χ0n) is 16.9. The predicted octanol–water partition coefficient (Wildman–Crippen LogP) is 4.19. The first-order chi connectivity index (χ1) is 15.1. The molecule has 1 N–H and O–H groups in total. The molecule has 10 heteroatoms. The summed E-state index contributed by atoms with van der Waals surface area (Å²) in [6.45, 7) is 2.13. The van der Waals surface area contributed by atoms with Gasteiger partial charge in [-0.25, -0.2) is 9.59 Å². The average molecular weight is 445 g/mol. The van der Waals surface area contributed by atoms with Crippen molar-refractivity contribution in [3.8, 4) is 6.07 Å². The van der Waals surface area contributed by atoms with Crippen molar-refractivity contribution in [2.24, 2.45) is 0 Å². The van der Waals surface area contributed by atoms with Crippen LogP contribution < -0.4 is 9.80 Å². The highest BCUT2D eigenvalue weighted by Crippen LogP contribution is 2.40. The van der Waals surface area contributed by atoms with Crippen LogP contribution in [0.2, 0.25) is 0 Å². The van der Waals surface area contributed by atoms with E-state index in [2.05, 4.69) is 0 Å². The van der Waals surface area contributed by atoms with Crippen molar-refractivity contribution < 1.29 is 32.6 Å². The molecule has 2 aliphatic rings. The van der Waals surface area contributed by atoms with Gasteiger partial charge in [0.2, 0.25) is 0 Å². The minimum absolute atomic E-state index is 0.0169.